The van der Waals surface area contributed by atoms with Gasteiger partial charge in [-0.3, -0.25) is 0 Å². The highest BCUT2D eigenvalue weighted by atomic mass is 127. The van der Waals surface area contributed by atoms with Gasteiger partial charge < -0.3 is 20.1 Å². The fraction of sp³-hybridized carbons (Fsp3) is 0.450. The molecule has 2 N–H and O–H groups in total. The summed E-state index contributed by atoms with van der Waals surface area (Å²) in [4.78, 5) is 7.04. The Morgan fingerprint density at radius 3 is 2.54 bits per heavy atom. The number of aliphatic imine (C=N–C) groups is 1. The van der Waals surface area contributed by atoms with Crippen molar-refractivity contribution in [3.63, 3.8) is 0 Å². The van der Waals surface area contributed by atoms with Gasteiger partial charge in [0.2, 0.25) is 0 Å². The van der Waals surface area contributed by atoms with Gasteiger partial charge in [-0.05, 0) is 24.6 Å². The second-order valence-electron chi connectivity index (χ2n) is 6.46. The zero-order valence-electron chi connectivity index (χ0n) is 16.6. The molecule has 0 bridgehead atoms. The summed E-state index contributed by atoms with van der Waals surface area (Å²) in [5.41, 5.74) is 2.47. The van der Waals surface area contributed by atoms with Crippen molar-refractivity contribution in [1.29, 1.82) is 0 Å². The molecule has 2 heterocycles. The van der Waals surface area contributed by atoms with Gasteiger partial charge in [-0.15, -0.1) is 34.2 Å². The minimum Gasteiger partial charge on any atom is -0.364 e. The van der Waals surface area contributed by atoms with Crippen molar-refractivity contribution in [1.82, 2.24) is 25.4 Å². The van der Waals surface area contributed by atoms with Crippen LogP contribution in [0, 0.1) is 0 Å². The van der Waals surface area contributed by atoms with Crippen LogP contribution in [0.15, 0.2) is 47.7 Å². The predicted octanol–water partition coefficient (Wildman–Crippen LogP) is 2.59. The number of guanidine groups is 1. The van der Waals surface area contributed by atoms with E-state index in [0.29, 0.717) is 6.54 Å². The third kappa shape index (κ3) is 6.22. The molecule has 2 aromatic rings. The van der Waals surface area contributed by atoms with Crippen molar-refractivity contribution in [3.8, 4) is 0 Å². The zero-order valence-corrected chi connectivity index (χ0v) is 19.0. The van der Waals surface area contributed by atoms with Gasteiger partial charge in [-0.2, -0.15) is 0 Å². The Bertz CT molecular complexity index is 759. The van der Waals surface area contributed by atoms with Crippen molar-refractivity contribution >= 4 is 35.6 Å². The first-order chi connectivity index (χ1) is 13.3. The standard InChI is InChI=1S/C20H29N7.HI/c1-3-19-25-24-16-27(19)14-11-22-20(21-4-2)23-15-17-7-9-18(10-8-17)26-12-5-6-13-26;/h5-10,16H,3-4,11-15H2,1-2H3,(H2,21,22,23);1H. The van der Waals surface area contributed by atoms with Crippen molar-refractivity contribution in [2.75, 3.05) is 31.1 Å². The van der Waals surface area contributed by atoms with Crippen LogP contribution in [0.4, 0.5) is 5.69 Å². The van der Waals surface area contributed by atoms with E-state index in [2.05, 4.69) is 80.6 Å². The van der Waals surface area contributed by atoms with E-state index in [1.165, 1.54) is 11.3 Å². The van der Waals surface area contributed by atoms with Crippen LogP contribution in [0.5, 0.6) is 0 Å². The van der Waals surface area contributed by atoms with Gasteiger partial charge in [0.05, 0.1) is 6.54 Å². The van der Waals surface area contributed by atoms with Crippen LogP contribution in [0.25, 0.3) is 0 Å². The molecular weight excluding hydrogens is 465 g/mol. The van der Waals surface area contributed by atoms with E-state index in [4.69, 9.17) is 4.99 Å². The van der Waals surface area contributed by atoms with E-state index in [-0.39, 0.29) is 24.0 Å². The highest BCUT2D eigenvalue weighted by Gasteiger charge is 2.07. The summed E-state index contributed by atoms with van der Waals surface area (Å²) in [7, 11) is 0. The summed E-state index contributed by atoms with van der Waals surface area (Å²) in [6.45, 7) is 9.24. The van der Waals surface area contributed by atoms with Crippen LogP contribution < -0.4 is 15.5 Å². The lowest BCUT2D eigenvalue weighted by Crippen LogP contribution is -2.38. The molecule has 0 saturated heterocycles. The molecule has 1 aliphatic rings. The summed E-state index contributed by atoms with van der Waals surface area (Å²) in [6.07, 6.45) is 7.07. The SMILES string of the molecule is CCNC(=NCc1ccc(N2CC=CC2)cc1)NCCn1cnnc1CC.I. The lowest BCUT2D eigenvalue weighted by molar-refractivity contribution is 0.632. The largest absolute Gasteiger partial charge is 0.364 e. The molecule has 1 aromatic carbocycles. The number of aromatic nitrogens is 3. The van der Waals surface area contributed by atoms with Crippen molar-refractivity contribution in [3.05, 3.63) is 54.1 Å². The zero-order chi connectivity index (χ0) is 18.9. The monoisotopic (exact) mass is 495 g/mol. The number of nitrogens with zero attached hydrogens (tertiary/aromatic N) is 5. The van der Waals surface area contributed by atoms with Gasteiger partial charge in [0.15, 0.2) is 5.96 Å². The highest BCUT2D eigenvalue weighted by molar-refractivity contribution is 14.0. The molecule has 0 saturated carbocycles. The van der Waals surface area contributed by atoms with E-state index in [0.717, 1.165) is 50.9 Å². The van der Waals surface area contributed by atoms with Crippen LogP contribution in [-0.2, 0) is 19.5 Å². The van der Waals surface area contributed by atoms with Crippen molar-refractivity contribution in [2.45, 2.75) is 33.4 Å². The van der Waals surface area contributed by atoms with Gasteiger partial charge in [-0.25, -0.2) is 4.99 Å². The molecule has 1 aromatic heterocycles. The summed E-state index contributed by atoms with van der Waals surface area (Å²) < 4.78 is 2.07. The first kappa shape index (κ1) is 22.2. The number of anilines is 1. The van der Waals surface area contributed by atoms with Gasteiger partial charge >= 0.3 is 0 Å². The van der Waals surface area contributed by atoms with Gasteiger partial charge in [0, 0.05) is 44.8 Å². The lowest BCUT2D eigenvalue weighted by Gasteiger charge is -2.17. The smallest absolute Gasteiger partial charge is 0.191 e. The van der Waals surface area contributed by atoms with Crippen LogP contribution in [0.1, 0.15) is 25.2 Å². The van der Waals surface area contributed by atoms with E-state index in [1.54, 1.807) is 6.33 Å². The molecule has 7 nitrogen and oxygen atoms in total. The van der Waals surface area contributed by atoms with E-state index in [1.807, 2.05) is 0 Å². The van der Waals surface area contributed by atoms with E-state index < -0.39 is 0 Å². The Morgan fingerprint density at radius 1 is 1.11 bits per heavy atom. The summed E-state index contributed by atoms with van der Waals surface area (Å²) in [5, 5.41) is 14.8. The maximum Gasteiger partial charge on any atom is 0.191 e. The van der Waals surface area contributed by atoms with Crippen molar-refractivity contribution in [2.24, 2.45) is 4.99 Å². The number of benzene rings is 1. The molecule has 0 atom stereocenters. The van der Waals surface area contributed by atoms with Crippen LogP contribution in [0.3, 0.4) is 0 Å². The Kier molecular flexibility index (Phi) is 9.26. The second kappa shape index (κ2) is 11.7. The number of hydrogen-bond donors (Lipinski definition) is 2. The van der Waals surface area contributed by atoms with E-state index in [9.17, 15) is 0 Å². The molecule has 0 fully saturated rings. The number of aryl methyl sites for hydroxylation is 1. The quantitative estimate of drug-likeness (QED) is 0.255. The Morgan fingerprint density at radius 2 is 1.86 bits per heavy atom. The molecule has 0 unspecified atom stereocenters. The van der Waals surface area contributed by atoms with Crippen LogP contribution in [0.2, 0.25) is 0 Å². The molecule has 28 heavy (non-hydrogen) atoms. The number of rotatable bonds is 8. The first-order valence-corrected chi connectivity index (χ1v) is 9.68. The van der Waals surface area contributed by atoms with Gasteiger partial charge in [0.1, 0.15) is 12.2 Å². The fourth-order valence-corrected chi connectivity index (χ4v) is 3.05. The van der Waals surface area contributed by atoms with E-state index >= 15 is 0 Å². The minimum absolute atomic E-state index is 0. The summed E-state index contributed by atoms with van der Waals surface area (Å²) in [5.74, 6) is 1.84. The lowest BCUT2D eigenvalue weighted by atomic mass is 10.2. The summed E-state index contributed by atoms with van der Waals surface area (Å²) >= 11 is 0. The van der Waals surface area contributed by atoms with Crippen LogP contribution in [-0.4, -0.2) is 46.9 Å². The first-order valence-electron chi connectivity index (χ1n) is 9.68. The summed E-state index contributed by atoms with van der Waals surface area (Å²) in [6, 6.07) is 8.67. The topological polar surface area (TPSA) is 70.4 Å². The average molecular weight is 495 g/mol. The molecule has 0 aliphatic carbocycles. The molecule has 0 spiro atoms. The molecule has 8 heteroatoms. The normalized spacial score (nSPS) is 13.5. The highest BCUT2D eigenvalue weighted by Crippen LogP contribution is 2.17. The molecule has 1 aliphatic heterocycles. The number of nitrogens with one attached hydrogen (secondary N) is 2. The molecular formula is C20H30IN7. The third-order valence-electron chi connectivity index (χ3n) is 4.54. The predicted molar refractivity (Wildman–Crippen MR) is 125 cm³/mol. The number of hydrogen-bond acceptors (Lipinski definition) is 4. The number of halogens is 1. The molecule has 152 valence electrons. The molecule has 0 amide bonds. The molecule has 3 rings (SSSR count). The second-order valence-corrected chi connectivity index (χ2v) is 6.46. The van der Waals surface area contributed by atoms with Crippen LogP contribution >= 0.6 is 24.0 Å². The maximum atomic E-state index is 4.70. The van der Waals surface area contributed by atoms with Gasteiger partial charge in [0.25, 0.3) is 0 Å². The third-order valence-corrected chi connectivity index (χ3v) is 4.54. The Hall–Kier alpha value is -2.10. The Labute approximate surface area is 184 Å². The van der Waals surface area contributed by atoms with Crippen molar-refractivity contribution < 1.29 is 0 Å². The minimum atomic E-state index is 0. The van der Waals surface area contributed by atoms with Gasteiger partial charge in [-0.1, -0.05) is 31.2 Å². The average Bonchev–Trinajstić information content (AvgIpc) is 3.38. The fourth-order valence-electron chi connectivity index (χ4n) is 3.05. The Balaban J connectivity index is 0.00000280. The maximum absolute atomic E-state index is 4.70. The molecule has 0 radical (unpaired) electrons.